The molecule has 12 heteroatoms. The molecule has 10 nitrogen and oxygen atoms in total. The number of halogens is 2. The van der Waals surface area contributed by atoms with E-state index in [0.29, 0.717) is 30.1 Å². The fourth-order valence-corrected chi connectivity index (χ4v) is 5.18. The molecule has 2 unspecified atom stereocenters. The number of aromatic amines is 1. The van der Waals surface area contributed by atoms with Gasteiger partial charge in [-0.05, 0) is 62.4 Å². The van der Waals surface area contributed by atoms with Crippen molar-refractivity contribution >= 4 is 28.9 Å². The van der Waals surface area contributed by atoms with Crippen LogP contribution in [0.15, 0.2) is 47.0 Å². The first-order valence-electron chi connectivity index (χ1n) is 13.9. The number of para-hydroxylation sites is 1. The Balaban J connectivity index is 1.32. The van der Waals surface area contributed by atoms with Gasteiger partial charge in [-0.25, -0.2) is 13.8 Å². The van der Waals surface area contributed by atoms with Crippen molar-refractivity contribution in [3.63, 3.8) is 0 Å². The van der Waals surface area contributed by atoms with E-state index in [1.165, 1.54) is 18.2 Å². The average Bonchev–Trinajstić information content (AvgIpc) is 3.61. The van der Waals surface area contributed by atoms with Crippen LogP contribution >= 0.6 is 0 Å². The van der Waals surface area contributed by atoms with E-state index in [4.69, 9.17) is 4.52 Å². The molecule has 5 rings (SSSR count). The molecule has 3 heterocycles. The Morgan fingerprint density at radius 1 is 1.15 bits per heavy atom. The van der Waals surface area contributed by atoms with Crippen LogP contribution in [-0.2, 0) is 16.0 Å². The number of carbonyl (C=O) groups is 2. The zero-order valence-corrected chi connectivity index (χ0v) is 23.0. The van der Waals surface area contributed by atoms with E-state index in [1.807, 2.05) is 4.90 Å². The third-order valence-corrected chi connectivity index (χ3v) is 7.41. The monoisotopic (exact) mass is 565 g/mol. The molecule has 0 spiro atoms. The maximum Gasteiger partial charge on any atom is 0.322 e. The Kier molecular flexibility index (Phi) is 8.55. The Hall–Kier alpha value is -4.35. The Labute approximate surface area is 235 Å². The molecule has 0 bridgehead atoms. The van der Waals surface area contributed by atoms with Gasteiger partial charge >= 0.3 is 6.01 Å². The minimum atomic E-state index is -1.02. The van der Waals surface area contributed by atoms with Gasteiger partial charge in [-0.1, -0.05) is 30.3 Å². The second-order valence-corrected chi connectivity index (χ2v) is 10.4. The van der Waals surface area contributed by atoms with Crippen LogP contribution in [0.2, 0.25) is 0 Å². The van der Waals surface area contributed by atoms with Crippen molar-refractivity contribution in [3.05, 3.63) is 71.3 Å². The fourth-order valence-electron chi connectivity index (χ4n) is 5.18. The molecule has 0 saturated carbocycles. The molecule has 216 valence electrons. The van der Waals surface area contributed by atoms with Crippen LogP contribution in [0.1, 0.15) is 69.2 Å². The summed E-state index contributed by atoms with van der Waals surface area (Å²) in [6, 6.07) is 9.04. The van der Waals surface area contributed by atoms with E-state index < -0.39 is 23.8 Å². The molecule has 1 aliphatic rings. The van der Waals surface area contributed by atoms with Crippen molar-refractivity contribution in [2.75, 3.05) is 11.9 Å². The summed E-state index contributed by atoms with van der Waals surface area (Å²) in [5.41, 5.74) is 1.49. The molecule has 3 N–H and O–H groups in total. The number of rotatable bonds is 10. The molecule has 2 aromatic heterocycles. The predicted octanol–water partition coefficient (Wildman–Crippen LogP) is 4.65. The van der Waals surface area contributed by atoms with Crippen molar-refractivity contribution in [1.29, 1.82) is 0 Å². The number of imidazole rings is 1. The lowest BCUT2D eigenvalue weighted by Gasteiger charge is -2.36. The van der Waals surface area contributed by atoms with E-state index in [1.54, 1.807) is 31.2 Å². The van der Waals surface area contributed by atoms with Crippen molar-refractivity contribution in [2.45, 2.75) is 70.5 Å². The van der Waals surface area contributed by atoms with Gasteiger partial charge in [0.05, 0.1) is 18.0 Å². The highest BCUT2D eigenvalue weighted by Gasteiger charge is 2.31. The summed E-state index contributed by atoms with van der Waals surface area (Å²) in [4.78, 5) is 40.5. The highest BCUT2D eigenvalue weighted by molar-refractivity contribution is 5.90. The molecule has 2 aromatic carbocycles. The number of fused-ring (bicyclic) bond motifs is 1. The van der Waals surface area contributed by atoms with Gasteiger partial charge < -0.3 is 25.0 Å². The first-order chi connectivity index (χ1) is 19.8. The summed E-state index contributed by atoms with van der Waals surface area (Å²) in [5, 5.41) is 9.77. The number of benzene rings is 2. The second-order valence-electron chi connectivity index (χ2n) is 10.4. The normalized spacial score (nSPS) is 16.9. The quantitative estimate of drug-likeness (QED) is 0.255. The zero-order chi connectivity index (χ0) is 28.9. The minimum Gasteiger partial charge on any atom is -0.345 e. The molecular formula is C29H33F2N7O3. The first kappa shape index (κ1) is 28.2. The van der Waals surface area contributed by atoms with Crippen molar-refractivity contribution in [1.82, 2.24) is 30.3 Å². The highest BCUT2D eigenvalue weighted by atomic mass is 19.1. The number of hydrogen-bond donors (Lipinski definition) is 3. The van der Waals surface area contributed by atoms with E-state index in [-0.39, 0.29) is 35.7 Å². The van der Waals surface area contributed by atoms with Crippen molar-refractivity contribution in [2.24, 2.45) is 0 Å². The molecule has 1 saturated heterocycles. The number of amides is 2. The SMILES string of the molecule is CCC1CCCCN1C(=O)CC(Nc1nc(Cc2ccc(F)cc2)no1)C(=O)N[C@@H](C)c1nc2c(F)cccc2[nH]1. The summed E-state index contributed by atoms with van der Waals surface area (Å²) >= 11 is 0. The highest BCUT2D eigenvalue weighted by Crippen LogP contribution is 2.23. The lowest BCUT2D eigenvalue weighted by Crippen LogP contribution is -2.48. The summed E-state index contributed by atoms with van der Waals surface area (Å²) in [5.74, 6) is -0.713. The number of H-pyrrole nitrogens is 1. The average molecular weight is 566 g/mol. The number of aromatic nitrogens is 4. The molecule has 0 radical (unpaired) electrons. The smallest absolute Gasteiger partial charge is 0.322 e. The fraction of sp³-hybridized carbons (Fsp3) is 0.414. The third kappa shape index (κ3) is 6.69. The third-order valence-electron chi connectivity index (χ3n) is 7.41. The van der Waals surface area contributed by atoms with Crippen LogP contribution in [0.4, 0.5) is 14.8 Å². The van der Waals surface area contributed by atoms with Gasteiger partial charge in [0, 0.05) is 19.0 Å². The van der Waals surface area contributed by atoms with Gasteiger partial charge in [0.25, 0.3) is 0 Å². The number of nitrogens with zero attached hydrogens (tertiary/aromatic N) is 4. The molecule has 1 fully saturated rings. The van der Waals surface area contributed by atoms with Gasteiger partial charge in [0.15, 0.2) is 11.6 Å². The summed E-state index contributed by atoms with van der Waals surface area (Å²) in [6.07, 6.45) is 3.93. The van der Waals surface area contributed by atoms with Crippen molar-refractivity contribution in [3.8, 4) is 0 Å². The molecule has 3 atom stereocenters. The van der Waals surface area contributed by atoms with Gasteiger partial charge in [-0.15, -0.1) is 0 Å². The number of nitrogens with one attached hydrogen (secondary N) is 3. The number of anilines is 1. The van der Waals surface area contributed by atoms with E-state index in [9.17, 15) is 18.4 Å². The molecule has 1 aliphatic heterocycles. The van der Waals surface area contributed by atoms with Gasteiger partial charge in [-0.3, -0.25) is 9.59 Å². The maximum atomic E-state index is 14.2. The van der Waals surface area contributed by atoms with E-state index in [0.717, 1.165) is 31.2 Å². The summed E-state index contributed by atoms with van der Waals surface area (Å²) in [7, 11) is 0. The summed E-state index contributed by atoms with van der Waals surface area (Å²) in [6.45, 7) is 4.42. The van der Waals surface area contributed by atoms with Crippen LogP contribution in [0, 0.1) is 11.6 Å². The molecule has 4 aromatic rings. The first-order valence-corrected chi connectivity index (χ1v) is 13.9. The lowest BCUT2D eigenvalue weighted by molar-refractivity contribution is -0.137. The standard InChI is InChI=1S/C29H33F2N7O3/c1-3-20-7-4-5-14-38(20)25(39)16-23(34-29-35-24(37-41-29)15-18-10-12-19(30)13-11-18)28(40)32-17(2)27-33-22-9-6-8-21(31)26(22)36-27/h6,8-13,17,20,23H,3-5,7,14-16H2,1-2H3,(H,32,40)(H,33,36)(H,34,35,37)/t17-,20?,23?/m0/s1. The number of carbonyl (C=O) groups excluding carboxylic acids is 2. The van der Waals surface area contributed by atoms with Crippen LogP contribution in [0.3, 0.4) is 0 Å². The van der Waals surface area contributed by atoms with Crippen molar-refractivity contribution < 1.29 is 22.9 Å². The Bertz CT molecular complexity index is 1500. The van der Waals surface area contributed by atoms with Gasteiger partial charge in [0.1, 0.15) is 23.2 Å². The number of piperidine rings is 1. The van der Waals surface area contributed by atoms with Crippen LogP contribution in [0.5, 0.6) is 0 Å². The number of likely N-dealkylation sites (tertiary alicyclic amines) is 1. The van der Waals surface area contributed by atoms with E-state index >= 15 is 0 Å². The molecule has 0 aliphatic carbocycles. The molecule has 41 heavy (non-hydrogen) atoms. The Morgan fingerprint density at radius 2 is 1.95 bits per heavy atom. The summed E-state index contributed by atoms with van der Waals surface area (Å²) < 4.78 is 32.8. The van der Waals surface area contributed by atoms with E-state index in [2.05, 4.69) is 37.7 Å². The Morgan fingerprint density at radius 3 is 2.71 bits per heavy atom. The number of hydrogen-bond acceptors (Lipinski definition) is 7. The molecular weight excluding hydrogens is 532 g/mol. The van der Waals surface area contributed by atoms with Gasteiger partial charge in [-0.2, -0.15) is 4.98 Å². The topological polar surface area (TPSA) is 129 Å². The minimum absolute atomic E-state index is 0.0146. The zero-order valence-electron chi connectivity index (χ0n) is 23.0. The molecule has 2 amide bonds. The van der Waals surface area contributed by atoms with Crippen LogP contribution in [0.25, 0.3) is 11.0 Å². The maximum absolute atomic E-state index is 14.2. The largest absolute Gasteiger partial charge is 0.345 e. The lowest BCUT2D eigenvalue weighted by atomic mass is 9.99. The van der Waals surface area contributed by atoms with Crippen LogP contribution in [-0.4, -0.2) is 55.5 Å². The second kappa shape index (κ2) is 12.4. The van der Waals surface area contributed by atoms with Crippen LogP contribution < -0.4 is 10.6 Å². The predicted molar refractivity (Wildman–Crippen MR) is 148 cm³/mol. The van der Waals surface area contributed by atoms with Gasteiger partial charge in [0.2, 0.25) is 11.8 Å².